The number of urea groups is 2. The summed E-state index contributed by atoms with van der Waals surface area (Å²) in [6.07, 6.45) is 0. The van der Waals surface area contributed by atoms with Crippen molar-refractivity contribution in [3.63, 3.8) is 0 Å². The molecule has 0 fully saturated rings. The van der Waals surface area contributed by atoms with Crippen LogP contribution >= 0.6 is 0 Å². The Morgan fingerprint density at radius 1 is 0.550 bits per heavy atom. The van der Waals surface area contributed by atoms with Gasteiger partial charge in [0.1, 0.15) is 0 Å². The molecule has 4 amide bonds. The zero-order chi connectivity index (χ0) is 29.1. The lowest BCUT2D eigenvalue weighted by atomic mass is 10.1. The van der Waals surface area contributed by atoms with E-state index in [0.717, 1.165) is 11.1 Å². The molecule has 0 spiro atoms. The van der Waals surface area contributed by atoms with Gasteiger partial charge in [-0.25, -0.2) is 20.4 Å². The quantitative estimate of drug-likeness (QED) is 0.116. The second-order valence-electron chi connectivity index (χ2n) is 8.34. The summed E-state index contributed by atoms with van der Waals surface area (Å²) < 4.78 is 0. The molecule has 0 unspecified atom stereocenters. The van der Waals surface area contributed by atoms with Crippen molar-refractivity contribution >= 4 is 58.2 Å². The summed E-state index contributed by atoms with van der Waals surface area (Å²) in [4.78, 5) is 24.8. The average Bonchev–Trinajstić information content (AvgIpc) is 2.92. The predicted molar refractivity (Wildman–Crippen MR) is 159 cm³/mol. The number of hydrogen-bond acceptors (Lipinski definition) is 6. The Bertz CT molecular complexity index is 1320. The summed E-state index contributed by atoms with van der Waals surface area (Å²) in [7, 11) is 0. The van der Waals surface area contributed by atoms with Crippen LogP contribution in [0.3, 0.4) is 0 Å². The van der Waals surface area contributed by atoms with E-state index in [1.54, 1.807) is 86.6 Å². The molecular weight excluding hydrogens is 512 g/mol. The molecule has 40 heavy (non-hydrogen) atoms. The van der Waals surface area contributed by atoms with Crippen LogP contribution in [0.25, 0.3) is 0 Å². The molecular formula is C26H30N12O2. The third kappa shape index (κ3) is 9.19. The highest BCUT2D eigenvalue weighted by atomic mass is 16.2. The molecule has 3 rings (SSSR count). The minimum absolute atomic E-state index is 0.258. The molecule has 0 aliphatic carbocycles. The number of nitrogens with two attached hydrogens (primary N) is 2. The summed E-state index contributed by atoms with van der Waals surface area (Å²) in [5.74, 6) is -0.516. The van der Waals surface area contributed by atoms with E-state index in [9.17, 15) is 9.59 Å². The van der Waals surface area contributed by atoms with E-state index in [0.29, 0.717) is 34.2 Å². The Kier molecular flexibility index (Phi) is 9.72. The van der Waals surface area contributed by atoms with Gasteiger partial charge in [-0.15, -0.1) is 0 Å². The van der Waals surface area contributed by atoms with Gasteiger partial charge in [0, 0.05) is 22.7 Å². The lowest BCUT2D eigenvalue weighted by molar-refractivity contribution is 0.261. The minimum atomic E-state index is -0.435. The second-order valence-corrected chi connectivity index (χ2v) is 8.34. The molecule has 14 nitrogen and oxygen atoms in total. The Morgan fingerprint density at radius 2 is 0.800 bits per heavy atom. The minimum Gasteiger partial charge on any atom is -0.369 e. The van der Waals surface area contributed by atoms with Crippen LogP contribution in [0.5, 0.6) is 0 Å². The molecule has 0 aliphatic heterocycles. The van der Waals surface area contributed by atoms with Gasteiger partial charge in [0.05, 0.1) is 11.4 Å². The van der Waals surface area contributed by atoms with E-state index in [-0.39, 0.29) is 11.9 Å². The average molecular weight is 543 g/mol. The summed E-state index contributed by atoms with van der Waals surface area (Å²) in [6, 6.07) is 19.8. The highest BCUT2D eigenvalue weighted by Crippen LogP contribution is 2.16. The Balaban J connectivity index is 1.48. The molecule has 0 aliphatic rings. The van der Waals surface area contributed by atoms with Crippen molar-refractivity contribution in [3.8, 4) is 0 Å². The van der Waals surface area contributed by atoms with E-state index in [1.807, 2.05) is 0 Å². The molecule has 0 atom stereocenters. The fraction of sp³-hybridized carbons (Fsp3) is 0.0769. The van der Waals surface area contributed by atoms with Gasteiger partial charge in [-0.3, -0.25) is 10.8 Å². The monoisotopic (exact) mass is 542 g/mol. The van der Waals surface area contributed by atoms with E-state index >= 15 is 0 Å². The van der Waals surface area contributed by atoms with Crippen molar-refractivity contribution < 1.29 is 9.59 Å². The number of rotatable bonds is 8. The lowest BCUT2D eigenvalue weighted by Crippen LogP contribution is -2.26. The molecule has 0 saturated carbocycles. The molecule has 206 valence electrons. The van der Waals surface area contributed by atoms with Crippen molar-refractivity contribution in [2.24, 2.45) is 21.7 Å². The number of carbonyl (C=O) groups excluding carboxylic acids is 2. The van der Waals surface area contributed by atoms with Crippen molar-refractivity contribution in [2.75, 3.05) is 21.3 Å². The molecule has 0 bridgehead atoms. The van der Waals surface area contributed by atoms with Crippen LogP contribution in [-0.4, -0.2) is 35.4 Å². The third-order valence-electron chi connectivity index (χ3n) is 5.21. The number of nitrogens with one attached hydrogen (secondary N) is 8. The topological polar surface area (TPSA) is 231 Å². The van der Waals surface area contributed by atoms with E-state index < -0.39 is 12.1 Å². The van der Waals surface area contributed by atoms with Gasteiger partial charge in [0.15, 0.2) is 0 Å². The highest BCUT2D eigenvalue weighted by molar-refractivity contribution is 6.03. The maximum absolute atomic E-state index is 12.4. The van der Waals surface area contributed by atoms with Crippen LogP contribution in [0.1, 0.15) is 25.0 Å². The van der Waals surface area contributed by atoms with Crippen molar-refractivity contribution in [1.29, 1.82) is 10.8 Å². The number of amides is 4. The summed E-state index contributed by atoms with van der Waals surface area (Å²) in [5, 5.41) is 33.2. The van der Waals surface area contributed by atoms with Gasteiger partial charge in [-0.05, 0) is 73.5 Å². The van der Waals surface area contributed by atoms with Gasteiger partial charge in [-0.1, -0.05) is 24.3 Å². The molecule has 3 aromatic carbocycles. The van der Waals surface area contributed by atoms with Crippen LogP contribution in [0.4, 0.5) is 32.3 Å². The highest BCUT2D eigenvalue weighted by Gasteiger charge is 2.07. The molecule has 0 aromatic heterocycles. The van der Waals surface area contributed by atoms with Crippen molar-refractivity contribution in [1.82, 2.24) is 10.9 Å². The van der Waals surface area contributed by atoms with Crippen LogP contribution in [-0.2, 0) is 0 Å². The van der Waals surface area contributed by atoms with Crippen molar-refractivity contribution in [3.05, 3.63) is 83.9 Å². The van der Waals surface area contributed by atoms with Crippen molar-refractivity contribution in [2.45, 2.75) is 13.8 Å². The summed E-state index contributed by atoms with van der Waals surface area (Å²) in [5.41, 5.74) is 20.3. The van der Waals surface area contributed by atoms with E-state index in [1.165, 1.54) is 0 Å². The Labute approximate surface area is 230 Å². The number of anilines is 4. The van der Waals surface area contributed by atoms with Gasteiger partial charge in [0.2, 0.25) is 11.9 Å². The number of benzene rings is 3. The lowest BCUT2D eigenvalue weighted by Gasteiger charge is -2.11. The number of guanidine groups is 2. The first-order valence-corrected chi connectivity index (χ1v) is 11.8. The fourth-order valence-electron chi connectivity index (χ4n) is 3.23. The predicted octanol–water partition coefficient (Wildman–Crippen LogP) is 3.39. The Morgan fingerprint density at radius 3 is 1.05 bits per heavy atom. The smallest absolute Gasteiger partial charge is 0.323 e. The normalized spacial score (nSPS) is 11.2. The molecule has 0 saturated heterocycles. The molecule has 14 heteroatoms. The van der Waals surface area contributed by atoms with Crippen LogP contribution < -0.4 is 43.6 Å². The number of carbonyl (C=O) groups is 2. The van der Waals surface area contributed by atoms with Gasteiger partial charge in [0.25, 0.3) is 0 Å². The van der Waals surface area contributed by atoms with Crippen LogP contribution in [0.2, 0.25) is 0 Å². The molecule has 3 aromatic rings. The number of nitrogens with zero attached hydrogens (tertiary/aromatic N) is 2. The first-order chi connectivity index (χ1) is 19.1. The summed E-state index contributed by atoms with van der Waals surface area (Å²) >= 11 is 0. The SMILES string of the molecule is C/C(=N/NC(=N)N)c1ccc(NC(=O)Nc2ccc(NC(=O)Nc3ccc(/C(C)=N\NC(=N)N)cc3)cc2)cc1. The number of hydrogen-bond donors (Lipinski definition) is 10. The maximum Gasteiger partial charge on any atom is 0.323 e. The van der Waals surface area contributed by atoms with Gasteiger partial charge < -0.3 is 32.7 Å². The zero-order valence-corrected chi connectivity index (χ0v) is 21.8. The Hall–Kier alpha value is -5.92. The maximum atomic E-state index is 12.4. The van der Waals surface area contributed by atoms with Crippen LogP contribution in [0, 0.1) is 10.8 Å². The fourth-order valence-corrected chi connectivity index (χ4v) is 3.23. The van der Waals surface area contributed by atoms with Gasteiger partial charge in [-0.2, -0.15) is 10.2 Å². The molecule has 12 N–H and O–H groups in total. The first-order valence-electron chi connectivity index (χ1n) is 11.8. The van der Waals surface area contributed by atoms with E-state index in [4.69, 9.17) is 22.3 Å². The largest absolute Gasteiger partial charge is 0.369 e. The van der Waals surface area contributed by atoms with Gasteiger partial charge >= 0.3 is 12.1 Å². The molecule has 0 heterocycles. The van der Waals surface area contributed by atoms with E-state index in [2.05, 4.69) is 42.3 Å². The number of hydrazone groups is 2. The molecule has 0 radical (unpaired) electrons. The van der Waals surface area contributed by atoms with Crippen LogP contribution in [0.15, 0.2) is 83.0 Å². The zero-order valence-electron chi connectivity index (χ0n) is 21.8. The third-order valence-corrected chi connectivity index (χ3v) is 5.21. The first kappa shape index (κ1) is 28.6. The second kappa shape index (κ2) is 13.6. The summed E-state index contributed by atoms with van der Waals surface area (Å²) in [6.45, 7) is 3.53. The standard InChI is InChI=1S/C26H30N12O2/c1-15(35-37-23(27)28)17-3-7-19(8-4-17)31-25(39)33-21-11-13-22(14-12-21)34-26(40)32-20-9-5-18(6-10-20)16(2)36-38-24(29)30/h3-14H,1-2H3,(H4,27,28,37)(H4,29,30,38)(H2,31,33,39)(H2,32,34,40)/b35-15-,36-16-.